The number of aromatic carboxylic acids is 1. The Morgan fingerprint density at radius 3 is 2.53 bits per heavy atom. The highest BCUT2D eigenvalue weighted by molar-refractivity contribution is 7.15. The molecule has 0 unspecified atom stereocenters. The van der Waals surface area contributed by atoms with Crippen LogP contribution < -0.4 is 20.5 Å². The van der Waals surface area contributed by atoms with Crippen LogP contribution in [0.15, 0.2) is 42.5 Å². The van der Waals surface area contributed by atoms with E-state index < -0.39 is 11.9 Å². The highest BCUT2D eigenvalue weighted by Gasteiger charge is 2.34. The van der Waals surface area contributed by atoms with E-state index in [0.29, 0.717) is 29.4 Å². The number of thiophene rings is 1. The van der Waals surface area contributed by atoms with E-state index >= 15 is 0 Å². The maximum Gasteiger partial charge on any atom is 0.346 e. The van der Waals surface area contributed by atoms with Gasteiger partial charge < -0.3 is 25.6 Å². The first-order valence-corrected chi connectivity index (χ1v) is 11.5. The number of ether oxygens (including phenoxy) is 2. The Bertz CT molecular complexity index is 1270. The molecule has 176 valence electrons. The van der Waals surface area contributed by atoms with Crippen molar-refractivity contribution in [3.8, 4) is 22.6 Å². The standard InChI is InChI=1S/C25H24N2O6S/c1-3-32-18-10-15(8-9-17(18)33-12-19(26)28)16-11-20(29)27-22-21(14-6-4-13(2)5-7-14)24(25(30)31)34-23(16)22/h4-10,16H,3,11-12H2,1-2H3,(H2,26,28)(H,27,29)(H,30,31)/t16-/m0/s1. The van der Waals surface area contributed by atoms with Crippen molar-refractivity contribution < 1.29 is 29.0 Å². The van der Waals surface area contributed by atoms with Gasteiger partial charge in [-0.25, -0.2) is 4.79 Å². The van der Waals surface area contributed by atoms with Gasteiger partial charge in [-0.3, -0.25) is 9.59 Å². The van der Waals surface area contributed by atoms with Gasteiger partial charge in [-0.2, -0.15) is 0 Å². The van der Waals surface area contributed by atoms with Gasteiger partial charge >= 0.3 is 5.97 Å². The van der Waals surface area contributed by atoms with E-state index in [1.807, 2.05) is 38.1 Å². The molecule has 0 spiro atoms. The number of carboxylic acids is 1. The summed E-state index contributed by atoms with van der Waals surface area (Å²) in [5.74, 6) is -1.44. The number of hydrogen-bond donors (Lipinski definition) is 3. The second-order valence-electron chi connectivity index (χ2n) is 7.92. The van der Waals surface area contributed by atoms with Crippen molar-refractivity contribution in [2.75, 3.05) is 18.5 Å². The van der Waals surface area contributed by atoms with E-state index in [9.17, 15) is 19.5 Å². The zero-order valence-electron chi connectivity index (χ0n) is 18.7. The third kappa shape index (κ3) is 4.60. The molecule has 1 aromatic heterocycles. The topological polar surface area (TPSA) is 128 Å². The molecule has 34 heavy (non-hydrogen) atoms. The molecule has 0 radical (unpaired) electrons. The van der Waals surface area contributed by atoms with Crippen molar-refractivity contribution in [3.05, 3.63) is 63.3 Å². The van der Waals surface area contributed by atoms with Gasteiger partial charge in [-0.05, 0) is 37.1 Å². The first kappa shape index (κ1) is 23.3. The van der Waals surface area contributed by atoms with Crippen LogP contribution in [0.1, 0.15) is 44.9 Å². The van der Waals surface area contributed by atoms with Gasteiger partial charge in [0.15, 0.2) is 18.1 Å². The van der Waals surface area contributed by atoms with E-state index in [2.05, 4.69) is 5.32 Å². The van der Waals surface area contributed by atoms with Crippen LogP contribution in [0, 0.1) is 6.92 Å². The molecule has 1 atom stereocenters. The zero-order chi connectivity index (χ0) is 24.4. The highest BCUT2D eigenvalue weighted by atomic mass is 32.1. The van der Waals surface area contributed by atoms with Crippen LogP contribution in [0.5, 0.6) is 11.5 Å². The van der Waals surface area contributed by atoms with Crippen molar-refractivity contribution in [2.24, 2.45) is 5.73 Å². The normalized spacial score (nSPS) is 14.8. The monoisotopic (exact) mass is 480 g/mol. The van der Waals surface area contributed by atoms with Crippen LogP contribution >= 0.6 is 11.3 Å². The predicted molar refractivity (Wildman–Crippen MR) is 129 cm³/mol. The second-order valence-corrected chi connectivity index (χ2v) is 8.97. The van der Waals surface area contributed by atoms with Gasteiger partial charge in [0, 0.05) is 22.8 Å². The Kier molecular flexibility index (Phi) is 6.56. The lowest BCUT2D eigenvalue weighted by Crippen LogP contribution is -2.22. The number of anilines is 1. The highest BCUT2D eigenvalue weighted by Crippen LogP contribution is 2.50. The Morgan fingerprint density at radius 1 is 1.15 bits per heavy atom. The van der Waals surface area contributed by atoms with E-state index in [1.165, 1.54) is 0 Å². The summed E-state index contributed by atoms with van der Waals surface area (Å²) < 4.78 is 11.1. The number of rotatable bonds is 8. The van der Waals surface area contributed by atoms with Gasteiger partial charge in [0.2, 0.25) is 5.91 Å². The van der Waals surface area contributed by atoms with Crippen molar-refractivity contribution in [2.45, 2.75) is 26.2 Å². The van der Waals surface area contributed by atoms with Gasteiger partial charge in [-0.15, -0.1) is 11.3 Å². The molecule has 2 aromatic carbocycles. The second kappa shape index (κ2) is 9.56. The fourth-order valence-corrected chi connectivity index (χ4v) is 5.23. The summed E-state index contributed by atoms with van der Waals surface area (Å²) >= 11 is 1.16. The quantitative estimate of drug-likeness (QED) is 0.444. The molecule has 4 rings (SSSR count). The Hall–Kier alpha value is -3.85. The van der Waals surface area contributed by atoms with Crippen molar-refractivity contribution in [1.29, 1.82) is 0 Å². The summed E-state index contributed by atoms with van der Waals surface area (Å²) in [5.41, 5.74) is 8.77. The first-order chi connectivity index (χ1) is 16.3. The van der Waals surface area contributed by atoms with E-state index in [-0.39, 0.29) is 29.7 Å². The number of carboxylic acid groups (broad SMARTS) is 1. The summed E-state index contributed by atoms with van der Waals surface area (Å²) in [6.45, 7) is 3.85. The molecule has 8 nitrogen and oxygen atoms in total. The summed E-state index contributed by atoms with van der Waals surface area (Å²) in [5, 5.41) is 12.8. The molecular formula is C25H24N2O6S. The third-order valence-electron chi connectivity index (χ3n) is 5.48. The average molecular weight is 481 g/mol. The molecule has 2 heterocycles. The maximum atomic E-state index is 12.7. The fourth-order valence-electron chi connectivity index (χ4n) is 3.98. The largest absolute Gasteiger partial charge is 0.490 e. The maximum absolute atomic E-state index is 12.7. The van der Waals surface area contributed by atoms with Crippen molar-refractivity contribution >= 4 is 34.8 Å². The number of benzene rings is 2. The van der Waals surface area contributed by atoms with Crippen molar-refractivity contribution in [3.63, 3.8) is 0 Å². The average Bonchev–Trinajstić information content (AvgIpc) is 3.18. The van der Waals surface area contributed by atoms with Crippen LogP contribution in [-0.2, 0) is 9.59 Å². The molecular weight excluding hydrogens is 456 g/mol. The van der Waals surface area contributed by atoms with Crippen LogP contribution in [-0.4, -0.2) is 36.1 Å². The van der Waals surface area contributed by atoms with Gasteiger partial charge in [0.1, 0.15) is 4.88 Å². The Balaban J connectivity index is 1.82. The van der Waals surface area contributed by atoms with Crippen LogP contribution in [0.2, 0.25) is 0 Å². The number of nitrogens with one attached hydrogen (secondary N) is 1. The number of aryl methyl sites for hydroxylation is 1. The molecule has 1 aliphatic rings. The number of amides is 2. The minimum Gasteiger partial charge on any atom is -0.490 e. The fraction of sp³-hybridized carbons (Fsp3) is 0.240. The lowest BCUT2D eigenvalue weighted by Gasteiger charge is -2.24. The van der Waals surface area contributed by atoms with Gasteiger partial charge in [0.25, 0.3) is 5.91 Å². The predicted octanol–water partition coefficient (Wildman–Crippen LogP) is 4.16. The summed E-state index contributed by atoms with van der Waals surface area (Å²) in [4.78, 5) is 36.9. The Morgan fingerprint density at radius 2 is 1.88 bits per heavy atom. The molecule has 1 aliphatic heterocycles. The third-order valence-corrected chi connectivity index (χ3v) is 6.77. The molecule has 9 heteroatoms. The molecule has 0 bridgehead atoms. The number of hydrogen-bond acceptors (Lipinski definition) is 6. The zero-order valence-corrected chi connectivity index (χ0v) is 19.5. The van der Waals surface area contributed by atoms with Crippen LogP contribution in [0.4, 0.5) is 5.69 Å². The number of nitrogens with two attached hydrogens (primary N) is 1. The molecule has 0 saturated heterocycles. The minimum atomic E-state index is -1.05. The lowest BCUT2D eigenvalue weighted by atomic mass is 9.88. The summed E-state index contributed by atoms with van der Waals surface area (Å²) in [6.07, 6.45) is 0.160. The summed E-state index contributed by atoms with van der Waals surface area (Å²) in [6, 6.07) is 12.8. The summed E-state index contributed by atoms with van der Waals surface area (Å²) in [7, 11) is 0. The van der Waals surface area contributed by atoms with Gasteiger partial charge in [0.05, 0.1) is 12.3 Å². The molecule has 2 amide bonds. The number of carbonyl (C=O) groups excluding carboxylic acids is 2. The smallest absolute Gasteiger partial charge is 0.346 e. The molecule has 0 aliphatic carbocycles. The van der Waals surface area contributed by atoms with E-state index in [1.54, 1.807) is 18.2 Å². The number of fused-ring (bicyclic) bond motifs is 1. The molecule has 4 N–H and O–H groups in total. The lowest BCUT2D eigenvalue weighted by molar-refractivity contribution is -0.120. The Labute approximate surface area is 200 Å². The first-order valence-electron chi connectivity index (χ1n) is 10.7. The van der Waals surface area contributed by atoms with Crippen molar-refractivity contribution in [1.82, 2.24) is 0 Å². The van der Waals surface area contributed by atoms with Crippen LogP contribution in [0.3, 0.4) is 0 Å². The SMILES string of the molecule is CCOc1cc([C@@H]2CC(=O)Nc3c2sc(C(=O)O)c3-c2ccc(C)cc2)ccc1OCC(N)=O. The molecule has 0 fully saturated rings. The molecule has 3 aromatic rings. The number of primary amides is 1. The van der Waals surface area contributed by atoms with E-state index in [0.717, 1.165) is 32.9 Å². The van der Waals surface area contributed by atoms with Gasteiger partial charge in [-0.1, -0.05) is 35.9 Å². The van der Waals surface area contributed by atoms with Crippen LogP contribution in [0.25, 0.3) is 11.1 Å². The number of carbonyl (C=O) groups is 3. The molecule has 0 saturated carbocycles. The van der Waals surface area contributed by atoms with E-state index in [4.69, 9.17) is 15.2 Å². The minimum absolute atomic E-state index is 0.160.